The number of fused-ring (bicyclic) bond motifs is 4. The molecule has 4 N–H and O–H groups in total. The summed E-state index contributed by atoms with van der Waals surface area (Å²) in [5, 5.41) is 14.4. The molecule has 0 spiro atoms. The number of aryl methyl sites for hydroxylation is 1. The van der Waals surface area contributed by atoms with Crippen molar-refractivity contribution in [3.8, 4) is 11.3 Å². The predicted octanol–water partition coefficient (Wildman–Crippen LogP) is 6.38. The maximum Gasteiger partial charge on any atom is 0.409 e. The van der Waals surface area contributed by atoms with Gasteiger partial charge >= 0.3 is 6.09 Å². The van der Waals surface area contributed by atoms with Gasteiger partial charge in [-0.3, -0.25) is 14.9 Å². The molecule has 0 saturated heterocycles. The van der Waals surface area contributed by atoms with Crippen LogP contribution < -0.4 is 10.6 Å². The van der Waals surface area contributed by atoms with Crippen molar-refractivity contribution in [1.29, 1.82) is 0 Å². The molecule has 3 aromatic rings. The zero-order valence-electron chi connectivity index (χ0n) is 22.1. The van der Waals surface area contributed by atoms with Gasteiger partial charge in [-0.1, -0.05) is 37.1 Å². The highest BCUT2D eigenvalue weighted by atomic mass is 35.5. The monoisotopic (exact) mass is 565 g/mol. The van der Waals surface area contributed by atoms with E-state index in [1.807, 2.05) is 13.8 Å². The number of nitrogens with zero attached hydrogens (tertiary/aromatic N) is 2. The van der Waals surface area contributed by atoms with Crippen LogP contribution in [-0.2, 0) is 9.59 Å². The van der Waals surface area contributed by atoms with Gasteiger partial charge in [-0.2, -0.15) is 0 Å². The summed E-state index contributed by atoms with van der Waals surface area (Å²) in [6.45, 7) is 4.07. The van der Waals surface area contributed by atoms with E-state index < -0.39 is 11.9 Å². The molecule has 3 amide bonds. The molecular formula is C29H29ClFN5O4. The lowest BCUT2D eigenvalue weighted by Gasteiger charge is -2.33. The normalized spacial score (nSPS) is 19.6. The molecule has 3 heterocycles. The first-order valence-electron chi connectivity index (χ1n) is 13.1. The lowest BCUT2D eigenvalue weighted by atomic mass is 9.95. The van der Waals surface area contributed by atoms with Gasteiger partial charge < -0.3 is 20.3 Å². The van der Waals surface area contributed by atoms with Gasteiger partial charge in [0, 0.05) is 41.0 Å². The van der Waals surface area contributed by atoms with E-state index >= 15 is 0 Å². The van der Waals surface area contributed by atoms with E-state index in [-0.39, 0.29) is 28.8 Å². The Morgan fingerprint density at radius 3 is 2.75 bits per heavy atom. The maximum absolute atomic E-state index is 14.7. The Bertz CT molecular complexity index is 1530. The summed E-state index contributed by atoms with van der Waals surface area (Å²) in [5.74, 6) is -0.680. The maximum atomic E-state index is 14.7. The lowest BCUT2D eigenvalue weighted by molar-refractivity contribution is -0.129. The third-order valence-corrected chi connectivity index (χ3v) is 7.73. The summed E-state index contributed by atoms with van der Waals surface area (Å²) in [7, 11) is 0. The SMILES string of the molecule is Cc1[nH]c2nc1-c1ccc(NC(=O)O)cc1NC(=O)[C@H](C)CCC[C@@H]2N1CCC(c2cccc(Cl)c2F)=CC1=O. The molecule has 11 heteroatoms. The van der Waals surface area contributed by atoms with Crippen LogP contribution in [0.3, 0.4) is 0 Å². The number of halogens is 2. The highest BCUT2D eigenvalue weighted by molar-refractivity contribution is 6.31. The Balaban J connectivity index is 1.53. The molecule has 1 aromatic heterocycles. The quantitative estimate of drug-likeness (QED) is 0.293. The second kappa shape index (κ2) is 11.1. The summed E-state index contributed by atoms with van der Waals surface area (Å²) in [4.78, 5) is 47.6. The van der Waals surface area contributed by atoms with Gasteiger partial charge in [0.2, 0.25) is 11.8 Å². The van der Waals surface area contributed by atoms with Gasteiger partial charge in [0.05, 0.1) is 22.4 Å². The number of hydrogen-bond acceptors (Lipinski definition) is 4. The minimum absolute atomic E-state index is 0.00971. The first-order chi connectivity index (χ1) is 19.1. The molecular weight excluding hydrogens is 537 g/mol. The van der Waals surface area contributed by atoms with Crippen LogP contribution in [0.25, 0.3) is 16.8 Å². The molecule has 9 nitrogen and oxygen atoms in total. The van der Waals surface area contributed by atoms with Crippen LogP contribution in [-0.4, -0.2) is 44.4 Å². The van der Waals surface area contributed by atoms with Crippen molar-refractivity contribution >= 4 is 46.5 Å². The van der Waals surface area contributed by atoms with Crippen molar-refractivity contribution in [1.82, 2.24) is 14.9 Å². The van der Waals surface area contributed by atoms with Gasteiger partial charge in [0.1, 0.15) is 11.6 Å². The van der Waals surface area contributed by atoms with E-state index in [0.717, 1.165) is 5.69 Å². The number of carbonyl (C=O) groups is 3. The molecule has 0 radical (unpaired) electrons. The fourth-order valence-corrected chi connectivity index (χ4v) is 5.51. The number of H-pyrrole nitrogens is 1. The van der Waals surface area contributed by atoms with E-state index in [1.165, 1.54) is 12.1 Å². The average molecular weight is 566 g/mol. The van der Waals surface area contributed by atoms with Crippen LogP contribution in [0.15, 0.2) is 42.5 Å². The number of aromatic nitrogens is 2. The topological polar surface area (TPSA) is 127 Å². The molecule has 2 atom stereocenters. The second-order valence-electron chi connectivity index (χ2n) is 10.2. The smallest absolute Gasteiger partial charge is 0.409 e. The zero-order valence-corrected chi connectivity index (χ0v) is 22.8. The fourth-order valence-electron chi connectivity index (χ4n) is 5.33. The number of anilines is 2. The number of carboxylic acid groups (broad SMARTS) is 1. The third kappa shape index (κ3) is 5.44. The first kappa shape index (κ1) is 27.4. The number of rotatable bonds is 3. The van der Waals surface area contributed by atoms with E-state index in [0.29, 0.717) is 71.8 Å². The average Bonchev–Trinajstić information content (AvgIpc) is 3.28. The van der Waals surface area contributed by atoms with Crippen molar-refractivity contribution in [3.63, 3.8) is 0 Å². The number of imidazole rings is 1. The van der Waals surface area contributed by atoms with Crippen LogP contribution in [0.2, 0.25) is 5.02 Å². The van der Waals surface area contributed by atoms with Crippen molar-refractivity contribution < 1.29 is 23.9 Å². The Morgan fingerprint density at radius 2 is 2.00 bits per heavy atom. The second-order valence-corrected chi connectivity index (χ2v) is 10.6. The third-order valence-electron chi connectivity index (χ3n) is 7.44. The van der Waals surface area contributed by atoms with Gasteiger partial charge in [-0.05, 0) is 56.0 Å². The first-order valence-corrected chi connectivity index (χ1v) is 13.5. The molecule has 2 aliphatic rings. The Hall–Kier alpha value is -4.18. The number of nitrogens with one attached hydrogen (secondary N) is 3. The standard InChI is InChI=1S/C29H29ClFN5O4/c1-15-5-3-8-23(36-12-11-17(13-24(36)37)19-6-4-7-21(30)25(19)31)27-32-16(2)26(35-27)20-10-9-18(33-29(39)40)14-22(20)34-28(15)38/h4,6-7,9-10,13-15,23,33H,3,5,8,11-12H2,1-2H3,(H,32,35)(H,34,38)(H,39,40)/t15-,23+/m1/s1. The summed E-state index contributed by atoms with van der Waals surface area (Å²) in [5.41, 5.74) is 3.62. The Morgan fingerprint density at radius 1 is 1.20 bits per heavy atom. The van der Waals surface area contributed by atoms with Crippen molar-refractivity contribution in [2.24, 2.45) is 5.92 Å². The molecule has 0 saturated carbocycles. The van der Waals surface area contributed by atoms with E-state index in [1.54, 1.807) is 35.2 Å². The van der Waals surface area contributed by atoms with E-state index in [9.17, 15) is 18.8 Å². The molecule has 2 aliphatic heterocycles. The number of benzene rings is 2. The highest BCUT2D eigenvalue weighted by Crippen LogP contribution is 2.37. The molecule has 2 aromatic carbocycles. The highest BCUT2D eigenvalue weighted by Gasteiger charge is 2.32. The molecule has 5 rings (SSSR count). The van der Waals surface area contributed by atoms with E-state index in [2.05, 4.69) is 15.6 Å². The van der Waals surface area contributed by atoms with Crippen LogP contribution in [0, 0.1) is 18.7 Å². The van der Waals surface area contributed by atoms with Crippen molar-refractivity contribution in [3.05, 3.63) is 70.4 Å². The van der Waals surface area contributed by atoms with Crippen molar-refractivity contribution in [2.45, 2.75) is 45.6 Å². The molecule has 208 valence electrons. The number of amides is 3. The molecule has 0 fully saturated rings. The Kier molecular flexibility index (Phi) is 7.62. The van der Waals surface area contributed by atoms with Crippen LogP contribution >= 0.6 is 11.6 Å². The molecule has 2 bridgehead atoms. The van der Waals surface area contributed by atoms with Gasteiger partial charge in [-0.25, -0.2) is 14.2 Å². The lowest BCUT2D eigenvalue weighted by Crippen LogP contribution is -2.38. The number of carbonyl (C=O) groups excluding carboxylic acids is 2. The fraction of sp³-hybridized carbons (Fsp3) is 0.310. The zero-order chi connectivity index (χ0) is 28.6. The number of aromatic amines is 1. The summed E-state index contributed by atoms with van der Waals surface area (Å²) < 4.78 is 14.7. The Labute approximate surface area is 235 Å². The summed E-state index contributed by atoms with van der Waals surface area (Å²) >= 11 is 5.97. The minimum Gasteiger partial charge on any atom is -0.465 e. The molecule has 0 unspecified atom stereocenters. The predicted molar refractivity (Wildman–Crippen MR) is 151 cm³/mol. The number of hydrogen-bond donors (Lipinski definition) is 4. The summed E-state index contributed by atoms with van der Waals surface area (Å²) in [6, 6.07) is 9.26. The van der Waals surface area contributed by atoms with Crippen LogP contribution in [0.4, 0.5) is 20.6 Å². The molecule has 40 heavy (non-hydrogen) atoms. The molecule has 0 aliphatic carbocycles. The van der Waals surface area contributed by atoms with Gasteiger partial charge in [0.15, 0.2) is 0 Å². The minimum atomic E-state index is -1.21. The van der Waals surface area contributed by atoms with Gasteiger partial charge in [0.25, 0.3) is 0 Å². The van der Waals surface area contributed by atoms with Gasteiger partial charge in [-0.15, -0.1) is 0 Å². The van der Waals surface area contributed by atoms with Crippen LogP contribution in [0.1, 0.15) is 55.7 Å². The van der Waals surface area contributed by atoms with Crippen molar-refractivity contribution in [2.75, 3.05) is 17.2 Å². The van der Waals surface area contributed by atoms with E-state index in [4.69, 9.17) is 21.7 Å². The largest absolute Gasteiger partial charge is 0.465 e. The van der Waals surface area contributed by atoms with Crippen LogP contribution in [0.5, 0.6) is 0 Å². The summed E-state index contributed by atoms with van der Waals surface area (Å²) in [6.07, 6.45) is 2.52.